The number of nitrogens with zero attached hydrogens (tertiary/aromatic N) is 1. The first-order valence-electron chi connectivity index (χ1n) is 8.83. The first-order valence-corrected chi connectivity index (χ1v) is 8.83. The van der Waals surface area contributed by atoms with Crippen LogP contribution in [0, 0.1) is 6.92 Å². The SMILES string of the molecule is CN=C(NCCc1ccc(C)c(OC)c1)NCC1(OC)CCOCC1. The second-order valence-electron chi connectivity index (χ2n) is 6.41. The van der Waals surface area contributed by atoms with Gasteiger partial charge in [0.25, 0.3) is 0 Å². The highest BCUT2D eigenvalue weighted by atomic mass is 16.5. The number of ether oxygens (including phenoxy) is 3. The van der Waals surface area contributed by atoms with Crippen LogP contribution in [0.4, 0.5) is 0 Å². The number of nitrogens with one attached hydrogen (secondary N) is 2. The van der Waals surface area contributed by atoms with Crippen LogP contribution in [-0.4, -0.2) is 59.1 Å². The topological polar surface area (TPSA) is 64.1 Å². The molecule has 0 aliphatic carbocycles. The molecule has 6 nitrogen and oxygen atoms in total. The molecule has 0 radical (unpaired) electrons. The van der Waals surface area contributed by atoms with E-state index in [1.165, 1.54) is 5.56 Å². The van der Waals surface area contributed by atoms with Crippen molar-refractivity contribution in [1.82, 2.24) is 10.6 Å². The fourth-order valence-corrected chi connectivity index (χ4v) is 3.01. The minimum absolute atomic E-state index is 0.166. The molecule has 140 valence electrons. The molecule has 1 aromatic carbocycles. The highest BCUT2D eigenvalue weighted by Crippen LogP contribution is 2.23. The molecule has 0 spiro atoms. The van der Waals surface area contributed by atoms with Gasteiger partial charge in [-0.05, 0) is 30.5 Å². The van der Waals surface area contributed by atoms with E-state index in [2.05, 4.69) is 40.7 Å². The number of aryl methyl sites for hydroxylation is 1. The van der Waals surface area contributed by atoms with Gasteiger partial charge in [-0.2, -0.15) is 0 Å². The van der Waals surface area contributed by atoms with Gasteiger partial charge >= 0.3 is 0 Å². The molecule has 1 saturated heterocycles. The van der Waals surface area contributed by atoms with Crippen LogP contribution in [-0.2, 0) is 15.9 Å². The molecular weight excluding hydrogens is 318 g/mol. The third-order valence-electron chi connectivity index (χ3n) is 4.82. The van der Waals surface area contributed by atoms with Crippen molar-refractivity contribution in [1.29, 1.82) is 0 Å². The van der Waals surface area contributed by atoms with Gasteiger partial charge in [-0.25, -0.2) is 0 Å². The fourth-order valence-electron chi connectivity index (χ4n) is 3.01. The van der Waals surface area contributed by atoms with Crippen LogP contribution >= 0.6 is 0 Å². The first kappa shape index (κ1) is 19.5. The predicted molar refractivity (Wildman–Crippen MR) is 101 cm³/mol. The van der Waals surface area contributed by atoms with Gasteiger partial charge in [-0.3, -0.25) is 4.99 Å². The van der Waals surface area contributed by atoms with E-state index in [9.17, 15) is 0 Å². The Morgan fingerprint density at radius 3 is 2.64 bits per heavy atom. The van der Waals surface area contributed by atoms with Crippen LogP contribution in [0.15, 0.2) is 23.2 Å². The van der Waals surface area contributed by atoms with E-state index in [0.29, 0.717) is 0 Å². The van der Waals surface area contributed by atoms with Crippen LogP contribution < -0.4 is 15.4 Å². The molecule has 0 unspecified atom stereocenters. The van der Waals surface area contributed by atoms with Crippen molar-refractivity contribution in [3.8, 4) is 5.75 Å². The van der Waals surface area contributed by atoms with Crippen LogP contribution in [0.5, 0.6) is 5.75 Å². The van der Waals surface area contributed by atoms with Gasteiger partial charge in [-0.15, -0.1) is 0 Å². The summed E-state index contributed by atoms with van der Waals surface area (Å²) in [5.41, 5.74) is 2.22. The zero-order valence-electron chi connectivity index (χ0n) is 15.9. The van der Waals surface area contributed by atoms with Crippen LogP contribution in [0.2, 0.25) is 0 Å². The van der Waals surface area contributed by atoms with Crippen molar-refractivity contribution in [3.05, 3.63) is 29.3 Å². The fraction of sp³-hybridized carbons (Fsp3) is 0.632. The lowest BCUT2D eigenvalue weighted by atomic mass is 9.94. The van der Waals surface area contributed by atoms with E-state index in [0.717, 1.165) is 62.8 Å². The van der Waals surface area contributed by atoms with Gasteiger partial charge in [0.15, 0.2) is 5.96 Å². The maximum absolute atomic E-state index is 5.75. The maximum atomic E-state index is 5.75. The Morgan fingerprint density at radius 2 is 2.00 bits per heavy atom. The number of aliphatic imine (C=N–C) groups is 1. The summed E-state index contributed by atoms with van der Waals surface area (Å²) in [5, 5.41) is 6.74. The lowest BCUT2D eigenvalue weighted by molar-refractivity contribution is -0.0855. The van der Waals surface area contributed by atoms with Gasteiger partial charge in [0.05, 0.1) is 12.7 Å². The number of rotatable bonds is 7. The number of hydrogen-bond acceptors (Lipinski definition) is 4. The van der Waals surface area contributed by atoms with Crippen molar-refractivity contribution in [3.63, 3.8) is 0 Å². The van der Waals surface area contributed by atoms with Crippen molar-refractivity contribution >= 4 is 5.96 Å². The lowest BCUT2D eigenvalue weighted by Crippen LogP contribution is -2.51. The second-order valence-corrected chi connectivity index (χ2v) is 6.41. The quantitative estimate of drug-likeness (QED) is 0.581. The standard InChI is InChI=1S/C19H31N3O3/c1-15-5-6-16(13-17(15)23-3)7-10-21-18(20-2)22-14-19(24-4)8-11-25-12-9-19/h5-6,13H,7-12,14H2,1-4H3,(H2,20,21,22). The Labute approximate surface area is 151 Å². The third kappa shape index (κ3) is 5.61. The second kappa shape index (κ2) is 9.63. The largest absolute Gasteiger partial charge is 0.496 e. The van der Waals surface area contributed by atoms with E-state index in [-0.39, 0.29) is 5.60 Å². The Hall–Kier alpha value is -1.79. The summed E-state index contributed by atoms with van der Waals surface area (Å²) in [6.07, 6.45) is 2.70. The molecule has 0 amide bonds. The Morgan fingerprint density at radius 1 is 1.24 bits per heavy atom. The predicted octanol–water partition coefficient (Wildman–Crippen LogP) is 1.91. The molecule has 1 aliphatic heterocycles. The first-order chi connectivity index (χ1) is 12.1. The molecule has 0 saturated carbocycles. The molecule has 0 atom stereocenters. The highest BCUT2D eigenvalue weighted by molar-refractivity contribution is 5.79. The summed E-state index contributed by atoms with van der Waals surface area (Å²) in [7, 11) is 5.26. The lowest BCUT2D eigenvalue weighted by Gasteiger charge is -2.36. The summed E-state index contributed by atoms with van der Waals surface area (Å²) >= 11 is 0. The molecule has 1 fully saturated rings. The summed E-state index contributed by atoms with van der Waals surface area (Å²) < 4.78 is 16.6. The van der Waals surface area contributed by atoms with E-state index in [4.69, 9.17) is 14.2 Å². The van der Waals surface area contributed by atoms with Gasteiger partial charge in [0.2, 0.25) is 0 Å². The van der Waals surface area contributed by atoms with Gasteiger partial charge < -0.3 is 24.8 Å². The number of methoxy groups -OCH3 is 2. The van der Waals surface area contributed by atoms with Crippen molar-refractivity contribution < 1.29 is 14.2 Å². The Kier molecular flexibility index (Phi) is 7.52. The zero-order valence-corrected chi connectivity index (χ0v) is 15.9. The average Bonchev–Trinajstić information content (AvgIpc) is 2.66. The molecule has 1 aliphatic rings. The summed E-state index contributed by atoms with van der Waals surface area (Å²) in [6.45, 7) is 5.07. The number of hydrogen-bond donors (Lipinski definition) is 2. The van der Waals surface area contributed by atoms with Crippen molar-refractivity contribution in [2.75, 3.05) is 47.6 Å². The summed E-state index contributed by atoms with van der Waals surface area (Å²) in [6, 6.07) is 6.32. The van der Waals surface area contributed by atoms with E-state index in [1.807, 2.05) is 0 Å². The monoisotopic (exact) mass is 349 g/mol. The average molecular weight is 349 g/mol. The van der Waals surface area contributed by atoms with Crippen LogP contribution in [0.25, 0.3) is 0 Å². The van der Waals surface area contributed by atoms with E-state index >= 15 is 0 Å². The summed E-state index contributed by atoms with van der Waals surface area (Å²) in [4.78, 5) is 4.30. The molecule has 25 heavy (non-hydrogen) atoms. The highest BCUT2D eigenvalue weighted by Gasteiger charge is 2.32. The molecule has 1 heterocycles. The van der Waals surface area contributed by atoms with E-state index in [1.54, 1.807) is 21.3 Å². The minimum Gasteiger partial charge on any atom is -0.496 e. The Bertz CT molecular complexity index is 569. The smallest absolute Gasteiger partial charge is 0.191 e. The Balaban J connectivity index is 1.80. The van der Waals surface area contributed by atoms with Gasteiger partial charge in [-0.1, -0.05) is 12.1 Å². The maximum Gasteiger partial charge on any atom is 0.191 e. The zero-order chi connectivity index (χ0) is 18.1. The third-order valence-corrected chi connectivity index (χ3v) is 4.82. The normalized spacial score (nSPS) is 17.2. The van der Waals surface area contributed by atoms with Crippen molar-refractivity contribution in [2.24, 2.45) is 4.99 Å². The van der Waals surface area contributed by atoms with Gasteiger partial charge in [0.1, 0.15) is 5.75 Å². The molecule has 2 rings (SSSR count). The molecule has 0 aromatic heterocycles. The molecule has 0 bridgehead atoms. The van der Waals surface area contributed by atoms with E-state index < -0.39 is 0 Å². The summed E-state index contributed by atoms with van der Waals surface area (Å²) in [5.74, 6) is 1.73. The molecule has 6 heteroatoms. The number of guanidine groups is 1. The van der Waals surface area contributed by atoms with Gasteiger partial charge in [0, 0.05) is 53.3 Å². The molecular formula is C19H31N3O3. The van der Waals surface area contributed by atoms with Crippen LogP contribution in [0.3, 0.4) is 0 Å². The molecule has 2 N–H and O–H groups in total. The van der Waals surface area contributed by atoms with Crippen LogP contribution in [0.1, 0.15) is 24.0 Å². The van der Waals surface area contributed by atoms with Crippen molar-refractivity contribution in [2.45, 2.75) is 31.8 Å². The number of benzene rings is 1. The molecule has 1 aromatic rings. The minimum atomic E-state index is -0.166.